The van der Waals surface area contributed by atoms with Crippen molar-refractivity contribution in [1.82, 2.24) is 0 Å². The first-order valence-electron chi connectivity index (χ1n) is 6.90. The van der Waals surface area contributed by atoms with Crippen LogP contribution in [0.5, 0.6) is 0 Å². The van der Waals surface area contributed by atoms with E-state index >= 15 is 0 Å². The zero-order valence-corrected chi connectivity index (χ0v) is 10.2. The second-order valence-electron chi connectivity index (χ2n) is 5.72. The monoisotopic (exact) mass is 230 g/mol. The lowest BCUT2D eigenvalue weighted by Crippen LogP contribution is -2.10. The largest absolute Gasteiger partial charge is 0.0578 e. The topological polar surface area (TPSA) is 0 Å². The summed E-state index contributed by atoms with van der Waals surface area (Å²) in [5, 5.41) is 5.77. The van der Waals surface area contributed by atoms with Crippen LogP contribution in [0.25, 0.3) is 21.5 Å². The zero-order valence-electron chi connectivity index (χ0n) is 10.2. The summed E-state index contributed by atoms with van der Waals surface area (Å²) in [7, 11) is 0. The minimum atomic E-state index is 0.632. The number of hydrogen-bond acceptors (Lipinski definition) is 0. The minimum Gasteiger partial charge on any atom is -0.0578 e. The van der Waals surface area contributed by atoms with Crippen molar-refractivity contribution in [2.45, 2.75) is 25.2 Å². The third kappa shape index (κ3) is 0.940. The van der Waals surface area contributed by atoms with E-state index in [4.69, 9.17) is 0 Å². The van der Waals surface area contributed by atoms with E-state index < -0.39 is 0 Å². The Hall–Kier alpha value is -1.82. The molecule has 8 rings (SSSR count). The Bertz CT molecular complexity index is 811. The lowest BCUT2D eigenvalue weighted by Gasteiger charge is -2.26. The van der Waals surface area contributed by atoms with Gasteiger partial charge in [0.1, 0.15) is 0 Å². The number of aryl methyl sites for hydroxylation is 1. The van der Waals surface area contributed by atoms with Crippen molar-refractivity contribution in [2.24, 2.45) is 0 Å². The predicted molar refractivity (Wildman–Crippen MR) is 76.2 cm³/mol. The Morgan fingerprint density at radius 3 is 2.72 bits per heavy atom. The molecule has 0 N–H and O–H groups in total. The molecular formula is C18H14. The predicted octanol–water partition coefficient (Wildman–Crippen LogP) is 4.77. The summed E-state index contributed by atoms with van der Waals surface area (Å²) < 4.78 is 0. The average Bonchev–Trinajstić information content (AvgIpc) is 2.56. The van der Waals surface area contributed by atoms with Crippen molar-refractivity contribution in [1.29, 1.82) is 0 Å². The van der Waals surface area contributed by atoms with Gasteiger partial charge >= 0.3 is 0 Å². The number of benzene rings is 3. The number of rotatable bonds is 0. The smallest absolute Gasteiger partial charge is 0.00926 e. The van der Waals surface area contributed by atoms with E-state index in [9.17, 15) is 0 Å². The molecule has 0 amide bonds. The highest BCUT2D eigenvalue weighted by Gasteiger charge is 2.25. The van der Waals surface area contributed by atoms with Crippen LogP contribution < -0.4 is 0 Å². The van der Waals surface area contributed by atoms with E-state index in [1.54, 1.807) is 11.1 Å². The Morgan fingerprint density at radius 1 is 0.833 bits per heavy atom. The molecule has 0 radical (unpaired) electrons. The average molecular weight is 230 g/mol. The SMILES string of the molecule is c1cc2c3ccc4c5c(ccc42)C(CCC5)c1c3. The van der Waals surface area contributed by atoms with Gasteiger partial charge in [-0.05, 0) is 57.5 Å². The molecule has 1 unspecified atom stereocenters. The molecule has 0 nitrogen and oxygen atoms in total. The van der Waals surface area contributed by atoms with Gasteiger partial charge in [-0.25, -0.2) is 0 Å². The summed E-state index contributed by atoms with van der Waals surface area (Å²) in [5.41, 5.74) is 4.72. The van der Waals surface area contributed by atoms with Gasteiger partial charge in [-0.15, -0.1) is 0 Å². The van der Waals surface area contributed by atoms with Gasteiger partial charge in [-0.1, -0.05) is 42.5 Å². The second kappa shape index (κ2) is 2.95. The van der Waals surface area contributed by atoms with Gasteiger partial charge in [0.15, 0.2) is 0 Å². The first-order valence-corrected chi connectivity index (χ1v) is 6.90. The van der Waals surface area contributed by atoms with Crippen molar-refractivity contribution in [2.75, 3.05) is 0 Å². The lowest BCUT2D eigenvalue weighted by atomic mass is 9.78. The van der Waals surface area contributed by atoms with E-state index in [1.165, 1.54) is 46.4 Å². The van der Waals surface area contributed by atoms with Crippen LogP contribution in [-0.4, -0.2) is 0 Å². The van der Waals surface area contributed by atoms with Gasteiger partial charge in [0, 0.05) is 5.92 Å². The first kappa shape index (κ1) is 9.16. The molecule has 18 heavy (non-hydrogen) atoms. The second-order valence-corrected chi connectivity index (χ2v) is 5.72. The quantitative estimate of drug-likeness (QED) is 0.488. The molecule has 0 aromatic heterocycles. The number of hydrogen-bond donors (Lipinski definition) is 0. The van der Waals surface area contributed by atoms with Gasteiger partial charge in [0.25, 0.3) is 0 Å². The van der Waals surface area contributed by atoms with Crippen LogP contribution in [0.4, 0.5) is 0 Å². The summed E-state index contributed by atoms with van der Waals surface area (Å²) in [6.45, 7) is 0. The van der Waals surface area contributed by atoms with Crippen LogP contribution in [0.15, 0.2) is 42.5 Å². The van der Waals surface area contributed by atoms with Crippen LogP contribution in [-0.2, 0) is 6.42 Å². The Labute approximate surface area is 106 Å². The highest BCUT2D eigenvalue weighted by Crippen LogP contribution is 2.44. The van der Waals surface area contributed by atoms with Crippen molar-refractivity contribution in [3.8, 4) is 0 Å². The molecule has 5 aliphatic carbocycles. The van der Waals surface area contributed by atoms with Gasteiger partial charge in [-0.2, -0.15) is 0 Å². The van der Waals surface area contributed by atoms with Gasteiger partial charge < -0.3 is 0 Å². The van der Waals surface area contributed by atoms with Crippen molar-refractivity contribution >= 4 is 21.5 Å². The summed E-state index contributed by atoms with van der Waals surface area (Å²) in [4.78, 5) is 0. The van der Waals surface area contributed by atoms with Crippen LogP contribution in [0, 0.1) is 0 Å². The maximum Gasteiger partial charge on any atom is 0.00926 e. The summed E-state index contributed by atoms with van der Waals surface area (Å²) in [6, 6.07) is 16.5. The molecule has 86 valence electrons. The Morgan fingerprint density at radius 2 is 1.72 bits per heavy atom. The fourth-order valence-electron chi connectivity index (χ4n) is 4.05. The van der Waals surface area contributed by atoms with E-state index in [0.29, 0.717) is 5.92 Å². The summed E-state index contributed by atoms with van der Waals surface area (Å²) in [5.74, 6) is 0.632. The third-order valence-electron chi connectivity index (χ3n) is 4.89. The van der Waals surface area contributed by atoms with Crippen molar-refractivity contribution in [3.05, 3.63) is 59.2 Å². The molecule has 3 aromatic carbocycles. The van der Waals surface area contributed by atoms with E-state index in [2.05, 4.69) is 42.5 Å². The normalized spacial score (nSPS) is 20.1. The zero-order chi connectivity index (χ0) is 11.7. The van der Waals surface area contributed by atoms with Crippen LogP contribution >= 0.6 is 0 Å². The lowest BCUT2D eigenvalue weighted by molar-refractivity contribution is 0.620. The molecule has 0 saturated heterocycles. The van der Waals surface area contributed by atoms with Crippen LogP contribution in [0.3, 0.4) is 0 Å². The van der Waals surface area contributed by atoms with E-state index in [1.807, 2.05) is 0 Å². The fraction of sp³-hybridized carbons (Fsp3) is 0.222. The van der Waals surface area contributed by atoms with E-state index in [-0.39, 0.29) is 0 Å². The van der Waals surface area contributed by atoms with Crippen molar-refractivity contribution < 1.29 is 0 Å². The molecule has 8 bridgehead atoms. The van der Waals surface area contributed by atoms with Crippen molar-refractivity contribution in [3.63, 3.8) is 0 Å². The molecule has 3 aromatic rings. The highest BCUT2D eigenvalue weighted by molar-refractivity contribution is 6.09. The minimum absolute atomic E-state index is 0.632. The Kier molecular flexibility index (Phi) is 1.50. The molecular weight excluding hydrogens is 216 g/mol. The summed E-state index contributed by atoms with van der Waals surface area (Å²) in [6.07, 6.45) is 3.90. The molecule has 0 saturated carbocycles. The molecule has 0 heteroatoms. The third-order valence-corrected chi connectivity index (χ3v) is 4.89. The molecule has 0 spiro atoms. The van der Waals surface area contributed by atoms with Gasteiger partial charge in [-0.3, -0.25) is 0 Å². The van der Waals surface area contributed by atoms with Gasteiger partial charge in [0.05, 0.1) is 0 Å². The van der Waals surface area contributed by atoms with Gasteiger partial charge in [0.2, 0.25) is 0 Å². The fourth-order valence-corrected chi connectivity index (χ4v) is 4.05. The molecule has 0 fully saturated rings. The maximum atomic E-state index is 2.41. The van der Waals surface area contributed by atoms with Crippen LogP contribution in [0.1, 0.15) is 35.4 Å². The molecule has 5 aliphatic rings. The summed E-state index contributed by atoms with van der Waals surface area (Å²) >= 11 is 0. The van der Waals surface area contributed by atoms with E-state index in [0.717, 1.165) is 0 Å². The standard InChI is InChI=1S/C18H14/c1-2-13-11-4-6-14-12(10-11)5-7-18-15(3-1)16(13)8-9-17(14)18/h4-10,13H,1-3H2. The highest BCUT2D eigenvalue weighted by atomic mass is 14.3. The van der Waals surface area contributed by atoms with Crippen LogP contribution in [0.2, 0.25) is 0 Å². The molecule has 0 aliphatic heterocycles. The molecule has 1 atom stereocenters. The Balaban J connectivity index is 2.18. The molecule has 0 heterocycles. The maximum absolute atomic E-state index is 2.41. The first-order chi connectivity index (χ1) is 8.92.